The highest BCUT2D eigenvalue weighted by Gasteiger charge is 2.36. The van der Waals surface area contributed by atoms with E-state index in [-0.39, 0.29) is 19.1 Å². The number of carbonyl (C=O) groups is 1. The van der Waals surface area contributed by atoms with Crippen molar-refractivity contribution in [1.29, 1.82) is 0 Å². The molecule has 1 aliphatic carbocycles. The van der Waals surface area contributed by atoms with Crippen LogP contribution in [0.25, 0.3) is 15.6 Å². The van der Waals surface area contributed by atoms with E-state index in [2.05, 4.69) is 58.3 Å². The molecule has 1 saturated carbocycles. The molecule has 1 amide bonds. The molecule has 2 fully saturated rings. The predicted octanol–water partition coefficient (Wildman–Crippen LogP) is 5.13. The Kier molecular flexibility index (Phi) is 8.61. The highest BCUT2D eigenvalue weighted by molar-refractivity contribution is 6.36. The maximum atomic E-state index is 13.8. The van der Waals surface area contributed by atoms with Crippen molar-refractivity contribution in [2.45, 2.75) is 50.9 Å². The molecule has 3 heterocycles. The molecule has 9 nitrogen and oxygen atoms in total. The Bertz CT molecular complexity index is 1620. The number of amides is 1. The van der Waals surface area contributed by atoms with Gasteiger partial charge in [-0.05, 0) is 50.8 Å². The minimum Gasteiger partial charge on any atom is -0.462 e. The summed E-state index contributed by atoms with van der Waals surface area (Å²) in [6.45, 7) is 15.7. The third-order valence-electron chi connectivity index (χ3n) is 9.04. The number of fused-ring (bicyclic) bond motifs is 2. The monoisotopic (exact) mass is 617 g/mol. The molecule has 11 heteroatoms. The molecule has 1 saturated heterocycles. The van der Waals surface area contributed by atoms with Crippen LogP contribution < -0.4 is 14.5 Å². The van der Waals surface area contributed by atoms with Crippen LogP contribution in [-0.4, -0.2) is 90.2 Å². The first-order valence-electron chi connectivity index (χ1n) is 15.2. The van der Waals surface area contributed by atoms with Gasteiger partial charge in [-0.25, -0.2) is 11.0 Å². The quantitative estimate of drug-likeness (QED) is 0.244. The number of halogens is 2. The molecule has 0 spiro atoms. The molecule has 0 N–H and O–H groups in total. The fraction of sp³-hybridized carbons (Fsp3) is 0.455. The molecule has 2 aliphatic heterocycles. The van der Waals surface area contributed by atoms with Crippen LogP contribution in [0.5, 0.6) is 6.01 Å². The van der Waals surface area contributed by atoms with Crippen molar-refractivity contribution in [3.63, 3.8) is 0 Å². The third kappa shape index (κ3) is 6.04. The van der Waals surface area contributed by atoms with Crippen LogP contribution in [0.4, 0.5) is 15.9 Å². The second kappa shape index (κ2) is 12.6. The van der Waals surface area contributed by atoms with Crippen LogP contribution in [0.1, 0.15) is 31.0 Å². The number of nitrogens with zero attached hydrogens (tertiary/aromatic N) is 7. The summed E-state index contributed by atoms with van der Waals surface area (Å²) in [6.07, 6.45) is 3.12. The maximum Gasteiger partial charge on any atom is 0.318 e. The van der Waals surface area contributed by atoms with Crippen LogP contribution in [0, 0.1) is 6.57 Å². The van der Waals surface area contributed by atoms with Crippen LogP contribution >= 0.6 is 11.6 Å². The van der Waals surface area contributed by atoms with Gasteiger partial charge in [-0.3, -0.25) is 9.69 Å². The molecular weight excluding hydrogens is 581 g/mol. The lowest BCUT2D eigenvalue weighted by molar-refractivity contribution is -0.131. The van der Waals surface area contributed by atoms with Crippen LogP contribution in [0.3, 0.4) is 0 Å². The van der Waals surface area contributed by atoms with Gasteiger partial charge in [-0.2, -0.15) is 9.97 Å². The van der Waals surface area contributed by atoms with Crippen molar-refractivity contribution in [2.75, 3.05) is 56.2 Å². The summed E-state index contributed by atoms with van der Waals surface area (Å²) in [6, 6.07) is 12.8. The summed E-state index contributed by atoms with van der Waals surface area (Å²) in [5, 5.41) is 2.80. The standard InChI is InChI=1S/C33H37ClFN7O2/c1-21(39(4)24-11-12-24)20-44-33-37-28-19-40(29-10-6-8-23-7-5-9-27(34)30(23)29)14-13-26(28)31(38-33)41-15-16-42(32(43)22(2)35)25(18-41)17-36-3/h5-10,21,24-25H,2,11-20H2,1,4H3/t21-,25+/m1/s1. The van der Waals surface area contributed by atoms with Gasteiger partial charge in [0.2, 0.25) is 6.54 Å². The zero-order chi connectivity index (χ0) is 31.0. The summed E-state index contributed by atoms with van der Waals surface area (Å²) in [7, 11) is 2.13. The normalized spacial score (nSPS) is 19.1. The number of benzene rings is 2. The molecule has 44 heavy (non-hydrogen) atoms. The summed E-state index contributed by atoms with van der Waals surface area (Å²) in [5.74, 6) is -1.02. The maximum absolute atomic E-state index is 13.8. The third-order valence-corrected chi connectivity index (χ3v) is 9.36. The molecule has 3 aliphatic rings. The SMILES string of the molecule is [C-]#[N+]C[C@H]1CN(c2nc(OC[C@@H](C)N(C)C3CC3)nc3c2CCN(c2cccc4cccc(Cl)c24)C3)CCN1C(=O)C(=C)F. The molecule has 2 atom stereocenters. The van der Waals surface area contributed by atoms with E-state index >= 15 is 0 Å². The second-order valence-corrected chi connectivity index (χ2v) is 12.3. The van der Waals surface area contributed by atoms with E-state index < -0.39 is 17.8 Å². The summed E-state index contributed by atoms with van der Waals surface area (Å²) in [4.78, 5) is 34.1. The highest BCUT2D eigenvalue weighted by Crippen LogP contribution is 2.37. The molecule has 1 aromatic heterocycles. The fourth-order valence-electron chi connectivity index (χ4n) is 6.35. The van der Waals surface area contributed by atoms with E-state index in [9.17, 15) is 9.18 Å². The zero-order valence-corrected chi connectivity index (χ0v) is 25.9. The number of hydrogen-bond acceptors (Lipinski definition) is 7. The van der Waals surface area contributed by atoms with Gasteiger partial charge in [0.15, 0.2) is 5.83 Å². The molecule has 230 valence electrons. The molecule has 2 aromatic carbocycles. The molecule has 0 radical (unpaired) electrons. The lowest BCUT2D eigenvalue weighted by atomic mass is 10.0. The lowest BCUT2D eigenvalue weighted by Gasteiger charge is -2.41. The molecule has 6 rings (SSSR count). The zero-order valence-electron chi connectivity index (χ0n) is 25.2. The van der Waals surface area contributed by atoms with Crippen molar-refractivity contribution in [2.24, 2.45) is 0 Å². The number of rotatable bonds is 9. The van der Waals surface area contributed by atoms with E-state index in [4.69, 9.17) is 32.9 Å². The van der Waals surface area contributed by atoms with Crippen molar-refractivity contribution in [1.82, 2.24) is 19.8 Å². The van der Waals surface area contributed by atoms with Gasteiger partial charge in [-0.1, -0.05) is 42.4 Å². The van der Waals surface area contributed by atoms with Crippen molar-refractivity contribution >= 4 is 39.8 Å². The lowest BCUT2D eigenvalue weighted by Crippen LogP contribution is -2.57. The number of piperazine rings is 1. The van der Waals surface area contributed by atoms with Gasteiger partial charge >= 0.3 is 6.01 Å². The van der Waals surface area contributed by atoms with Crippen molar-refractivity contribution in [3.05, 3.63) is 76.5 Å². The Hall–Kier alpha value is -3.94. The van der Waals surface area contributed by atoms with E-state index in [0.29, 0.717) is 49.7 Å². The minimum atomic E-state index is -1.01. The van der Waals surface area contributed by atoms with Gasteiger partial charge < -0.3 is 24.3 Å². The number of likely N-dealkylation sites (N-methyl/N-ethyl adjacent to an activating group) is 1. The largest absolute Gasteiger partial charge is 0.462 e. The van der Waals surface area contributed by atoms with Crippen LogP contribution in [0.2, 0.25) is 5.02 Å². The topological polar surface area (TPSA) is 69.4 Å². The second-order valence-electron chi connectivity index (χ2n) is 11.9. The minimum absolute atomic E-state index is 0.0623. The Morgan fingerprint density at radius 1 is 1.20 bits per heavy atom. The number of aromatic nitrogens is 2. The molecule has 3 aromatic rings. The van der Waals surface area contributed by atoms with Gasteiger partial charge in [0.1, 0.15) is 18.5 Å². The number of carbonyl (C=O) groups excluding carboxylic acids is 1. The van der Waals surface area contributed by atoms with Crippen LogP contribution in [-0.2, 0) is 17.8 Å². The smallest absolute Gasteiger partial charge is 0.318 e. The first kappa shape index (κ1) is 30.1. The van der Waals surface area contributed by atoms with Crippen molar-refractivity contribution in [3.8, 4) is 6.01 Å². The Morgan fingerprint density at radius 2 is 1.98 bits per heavy atom. The summed E-state index contributed by atoms with van der Waals surface area (Å²) < 4.78 is 20.1. The Labute approximate surface area is 262 Å². The van der Waals surface area contributed by atoms with Crippen LogP contribution in [0.15, 0.2) is 48.8 Å². The van der Waals surface area contributed by atoms with E-state index in [1.807, 2.05) is 18.2 Å². The van der Waals surface area contributed by atoms with Gasteiger partial charge in [0.05, 0.1) is 17.3 Å². The van der Waals surface area contributed by atoms with E-state index in [1.165, 1.54) is 17.7 Å². The fourth-order valence-corrected chi connectivity index (χ4v) is 6.63. The van der Waals surface area contributed by atoms with E-state index in [1.54, 1.807) is 0 Å². The Morgan fingerprint density at radius 3 is 2.70 bits per heavy atom. The summed E-state index contributed by atoms with van der Waals surface area (Å²) in [5.41, 5.74) is 2.96. The number of hydrogen-bond donors (Lipinski definition) is 0. The van der Waals surface area contributed by atoms with Crippen molar-refractivity contribution < 1.29 is 13.9 Å². The average molecular weight is 618 g/mol. The van der Waals surface area contributed by atoms with Gasteiger partial charge in [0.25, 0.3) is 5.91 Å². The van der Waals surface area contributed by atoms with E-state index in [0.717, 1.165) is 40.1 Å². The molecule has 0 unspecified atom stereocenters. The first-order chi connectivity index (χ1) is 21.2. The van der Waals surface area contributed by atoms with Gasteiger partial charge in [0, 0.05) is 54.9 Å². The number of anilines is 2. The molecular formula is C33H37ClFN7O2. The average Bonchev–Trinajstić information content (AvgIpc) is 3.88. The molecule has 0 bridgehead atoms. The number of ether oxygens (including phenoxy) is 1. The Balaban J connectivity index is 1.33. The highest BCUT2D eigenvalue weighted by atomic mass is 35.5. The predicted molar refractivity (Wildman–Crippen MR) is 171 cm³/mol. The first-order valence-corrected chi connectivity index (χ1v) is 15.5. The summed E-state index contributed by atoms with van der Waals surface area (Å²) >= 11 is 6.69. The van der Waals surface area contributed by atoms with Gasteiger partial charge in [-0.15, -0.1) is 0 Å².